The molecule has 7 nitrogen and oxygen atoms in total. The van der Waals surface area contributed by atoms with Crippen LogP contribution in [0.15, 0.2) is 12.1 Å². The Morgan fingerprint density at radius 2 is 2.18 bits per heavy atom. The molecule has 7 heteroatoms. The molecule has 1 atom stereocenters. The van der Waals surface area contributed by atoms with Crippen LogP contribution in [-0.4, -0.2) is 45.8 Å². The summed E-state index contributed by atoms with van der Waals surface area (Å²) in [7, 11) is 0. The van der Waals surface area contributed by atoms with E-state index in [0.29, 0.717) is 37.7 Å². The van der Waals surface area contributed by atoms with Crippen molar-refractivity contribution in [1.29, 1.82) is 0 Å². The molecule has 116 valence electrons. The van der Waals surface area contributed by atoms with E-state index in [1.54, 1.807) is 11.0 Å². The molecule has 0 radical (unpaired) electrons. The number of anilines is 1. The van der Waals surface area contributed by atoms with Crippen LogP contribution in [-0.2, 0) is 9.53 Å². The molecule has 1 unspecified atom stereocenters. The molecule has 0 aromatic carbocycles. The van der Waals surface area contributed by atoms with Crippen LogP contribution in [0.1, 0.15) is 43.7 Å². The van der Waals surface area contributed by atoms with Gasteiger partial charge in [-0.15, -0.1) is 5.10 Å². The summed E-state index contributed by atoms with van der Waals surface area (Å²) in [5, 5.41) is 11.0. The summed E-state index contributed by atoms with van der Waals surface area (Å²) in [5.74, 6) is 0.672. The molecule has 1 N–H and O–H groups in total. The third-order valence-electron chi connectivity index (χ3n) is 4.78. The zero-order valence-corrected chi connectivity index (χ0v) is 12.2. The van der Waals surface area contributed by atoms with Gasteiger partial charge in [0, 0.05) is 18.9 Å². The summed E-state index contributed by atoms with van der Waals surface area (Å²) in [5.41, 5.74) is 0.209. The first-order valence-electron chi connectivity index (χ1n) is 7.78. The van der Waals surface area contributed by atoms with E-state index >= 15 is 0 Å². The van der Waals surface area contributed by atoms with Crippen LogP contribution in [0.4, 0.5) is 10.6 Å². The summed E-state index contributed by atoms with van der Waals surface area (Å²) in [4.78, 5) is 26.1. The molecule has 1 aromatic heterocycles. The lowest BCUT2D eigenvalue weighted by Gasteiger charge is -2.30. The highest BCUT2D eigenvalue weighted by molar-refractivity contribution is 5.95. The van der Waals surface area contributed by atoms with E-state index in [4.69, 9.17) is 4.74 Å². The quantitative estimate of drug-likeness (QED) is 0.840. The molecule has 2 amide bonds. The number of nitrogens with zero attached hydrogens (tertiary/aromatic N) is 3. The molecule has 1 aliphatic carbocycles. The van der Waals surface area contributed by atoms with Gasteiger partial charge in [0.05, 0.1) is 12.3 Å². The predicted octanol–water partition coefficient (Wildman–Crippen LogP) is 1.67. The van der Waals surface area contributed by atoms with E-state index in [2.05, 4.69) is 15.5 Å². The van der Waals surface area contributed by atoms with E-state index in [0.717, 1.165) is 12.1 Å². The van der Waals surface area contributed by atoms with Crippen LogP contribution in [0.5, 0.6) is 0 Å². The van der Waals surface area contributed by atoms with Crippen molar-refractivity contribution in [3.8, 4) is 0 Å². The Morgan fingerprint density at radius 1 is 1.32 bits per heavy atom. The fourth-order valence-electron chi connectivity index (χ4n) is 3.38. The van der Waals surface area contributed by atoms with Gasteiger partial charge in [-0.2, -0.15) is 5.10 Å². The smallest absolute Gasteiger partial charge is 0.332 e. The molecule has 3 heterocycles. The van der Waals surface area contributed by atoms with Crippen LogP contribution in [0.3, 0.4) is 0 Å². The Labute approximate surface area is 128 Å². The Bertz CT molecular complexity index is 610. The number of rotatable bonds is 2. The van der Waals surface area contributed by atoms with E-state index < -0.39 is 5.54 Å². The molecule has 0 bridgehead atoms. The van der Waals surface area contributed by atoms with Gasteiger partial charge in [0.1, 0.15) is 5.54 Å². The second-order valence-corrected chi connectivity index (χ2v) is 6.22. The number of hydrogen-bond donors (Lipinski definition) is 1. The molecule has 1 spiro atoms. The standard InChI is InChI=1S/C15H18N4O3/c20-13-15(7-9-22-13)6-1-8-19(15)14(21)16-12-5-4-11(17-18-12)10-2-3-10/h4-5,10H,1-3,6-9H2,(H,16,18,21). The Morgan fingerprint density at radius 3 is 2.82 bits per heavy atom. The van der Waals surface area contributed by atoms with Crippen LogP contribution >= 0.6 is 0 Å². The summed E-state index contributed by atoms with van der Waals surface area (Å²) < 4.78 is 5.08. The maximum Gasteiger partial charge on any atom is 0.332 e. The molecule has 22 heavy (non-hydrogen) atoms. The number of amides is 2. The van der Waals surface area contributed by atoms with E-state index in [1.807, 2.05) is 6.07 Å². The molecule has 2 aliphatic heterocycles. The zero-order valence-electron chi connectivity index (χ0n) is 12.2. The first kappa shape index (κ1) is 13.5. The number of nitrogens with one attached hydrogen (secondary N) is 1. The van der Waals surface area contributed by atoms with Crippen LogP contribution < -0.4 is 5.32 Å². The fourth-order valence-corrected chi connectivity index (χ4v) is 3.38. The monoisotopic (exact) mass is 302 g/mol. The maximum absolute atomic E-state index is 12.5. The van der Waals surface area contributed by atoms with Crippen molar-refractivity contribution in [2.75, 3.05) is 18.5 Å². The van der Waals surface area contributed by atoms with Crippen molar-refractivity contribution < 1.29 is 14.3 Å². The highest BCUT2D eigenvalue weighted by Gasteiger charge is 2.54. The number of urea groups is 1. The lowest BCUT2D eigenvalue weighted by molar-refractivity contribution is -0.145. The minimum absolute atomic E-state index is 0.282. The molecule has 3 aliphatic rings. The maximum atomic E-state index is 12.5. The molecule has 1 aromatic rings. The average molecular weight is 302 g/mol. The zero-order chi connectivity index (χ0) is 15.2. The number of ether oxygens (including phenoxy) is 1. The summed E-state index contributed by atoms with van der Waals surface area (Å²) in [6, 6.07) is 3.38. The molecular formula is C15H18N4O3. The number of carbonyl (C=O) groups excluding carboxylic acids is 2. The molecule has 3 fully saturated rings. The number of hydrogen-bond acceptors (Lipinski definition) is 5. The average Bonchev–Trinajstić information content (AvgIpc) is 3.19. The first-order chi connectivity index (χ1) is 10.7. The van der Waals surface area contributed by atoms with Crippen molar-refractivity contribution in [1.82, 2.24) is 15.1 Å². The number of likely N-dealkylation sites (tertiary alicyclic amines) is 1. The molecular weight excluding hydrogens is 284 g/mol. The third kappa shape index (κ3) is 2.12. The minimum Gasteiger partial charge on any atom is -0.464 e. The molecule has 4 rings (SSSR count). The minimum atomic E-state index is -0.772. The Balaban J connectivity index is 1.48. The topological polar surface area (TPSA) is 84.4 Å². The number of esters is 1. The van der Waals surface area contributed by atoms with E-state index in [-0.39, 0.29) is 12.0 Å². The largest absolute Gasteiger partial charge is 0.464 e. The SMILES string of the molecule is O=C(Nc1ccc(C2CC2)nn1)N1CCCC12CCOC2=O. The number of carbonyl (C=O) groups is 2. The van der Waals surface area contributed by atoms with Crippen molar-refractivity contribution in [2.24, 2.45) is 0 Å². The second-order valence-electron chi connectivity index (χ2n) is 6.22. The number of aromatic nitrogens is 2. The van der Waals surface area contributed by atoms with Gasteiger partial charge in [-0.05, 0) is 37.8 Å². The van der Waals surface area contributed by atoms with Gasteiger partial charge in [-0.1, -0.05) is 0 Å². The normalized spacial score (nSPS) is 27.3. The van der Waals surface area contributed by atoms with Gasteiger partial charge < -0.3 is 9.64 Å². The van der Waals surface area contributed by atoms with Gasteiger partial charge in [0.25, 0.3) is 0 Å². The molecule has 1 saturated carbocycles. The van der Waals surface area contributed by atoms with Gasteiger partial charge in [0.2, 0.25) is 0 Å². The fraction of sp³-hybridized carbons (Fsp3) is 0.600. The van der Waals surface area contributed by atoms with Crippen molar-refractivity contribution in [3.63, 3.8) is 0 Å². The van der Waals surface area contributed by atoms with Crippen molar-refractivity contribution in [3.05, 3.63) is 17.8 Å². The first-order valence-corrected chi connectivity index (χ1v) is 7.78. The van der Waals surface area contributed by atoms with Crippen LogP contribution in [0.2, 0.25) is 0 Å². The van der Waals surface area contributed by atoms with E-state index in [9.17, 15) is 9.59 Å². The summed E-state index contributed by atoms with van der Waals surface area (Å²) >= 11 is 0. The Hall–Kier alpha value is -2.18. The van der Waals surface area contributed by atoms with Crippen LogP contribution in [0.25, 0.3) is 0 Å². The predicted molar refractivity (Wildman–Crippen MR) is 77.3 cm³/mol. The Kier molecular flexibility index (Phi) is 3.02. The van der Waals surface area contributed by atoms with Gasteiger partial charge in [-0.3, -0.25) is 5.32 Å². The second kappa shape index (κ2) is 4.93. The van der Waals surface area contributed by atoms with Crippen molar-refractivity contribution in [2.45, 2.75) is 43.6 Å². The van der Waals surface area contributed by atoms with Gasteiger partial charge >= 0.3 is 12.0 Å². The van der Waals surface area contributed by atoms with Gasteiger partial charge in [-0.25, -0.2) is 9.59 Å². The third-order valence-corrected chi connectivity index (χ3v) is 4.78. The number of cyclic esters (lactones) is 1. The lowest BCUT2D eigenvalue weighted by Crippen LogP contribution is -2.52. The van der Waals surface area contributed by atoms with Gasteiger partial charge in [0.15, 0.2) is 5.82 Å². The van der Waals surface area contributed by atoms with E-state index in [1.165, 1.54) is 12.8 Å². The highest BCUT2D eigenvalue weighted by atomic mass is 16.5. The summed E-state index contributed by atoms with van der Waals surface area (Å²) in [6.45, 7) is 0.951. The highest BCUT2D eigenvalue weighted by Crippen LogP contribution is 2.39. The summed E-state index contributed by atoms with van der Waals surface area (Å²) in [6.07, 6.45) is 4.39. The lowest BCUT2D eigenvalue weighted by atomic mass is 9.95. The molecule has 2 saturated heterocycles. The van der Waals surface area contributed by atoms with Crippen molar-refractivity contribution >= 4 is 17.8 Å². The van der Waals surface area contributed by atoms with Crippen LogP contribution in [0, 0.1) is 0 Å².